The monoisotopic (exact) mass is 279 g/mol. The third-order valence-corrected chi connectivity index (χ3v) is 4.08. The van der Waals surface area contributed by atoms with Crippen LogP contribution >= 0.6 is 0 Å². The Bertz CT molecular complexity index is 728. The Hall–Kier alpha value is -2.13. The van der Waals surface area contributed by atoms with Crippen LogP contribution in [0, 0.1) is 6.92 Å². The molecule has 3 aromatic rings. The van der Waals surface area contributed by atoms with Crippen LogP contribution in [0.5, 0.6) is 0 Å². The molecule has 2 aromatic carbocycles. The van der Waals surface area contributed by atoms with Gasteiger partial charge in [0.1, 0.15) is 0 Å². The van der Waals surface area contributed by atoms with Crippen molar-refractivity contribution in [3.05, 3.63) is 66.0 Å². The van der Waals surface area contributed by atoms with Crippen LogP contribution in [0.3, 0.4) is 0 Å². The van der Waals surface area contributed by atoms with Gasteiger partial charge in [-0.2, -0.15) is 0 Å². The molecule has 0 bridgehead atoms. The van der Waals surface area contributed by atoms with E-state index in [0.717, 1.165) is 17.5 Å². The molecule has 21 heavy (non-hydrogen) atoms. The van der Waals surface area contributed by atoms with Crippen LogP contribution in [0.1, 0.15) is 30.5 Å². The summed E-state index contributed by atoms with van der Waals surface area (Å²) in [7, 11) is 0. The average molecular weight is 279 g/mol. The molecule has 0 saturated heterocycles. The molecule has 2 N–H and O–H groups in total. The molecule has 1 heterocycles. The van der Waals surface area contributed by atoms with Crippen molar-refractivity contribution in [2.24, 2.45) is 5.73 Å². The number of hydrogen-bond donors (Lipinski definition) is 1. The maximum atomic E-state index is 6.42. The summed E-state index contributed by atoms with van der Waals surface area (Å²) in [6.07, 6.45) is 2.83. The average Bonchev–Trinajstić information content (AvgIpc) is 2.93. The van der Waals surface area contributed by atoms with Crippen LogP contribution in [0.4, 0.5) is 0 Å². The number of rotatable bonds is 4. The summed E-state index contributed by atoms with van der Waals surface area (Å²) in [5.41, 5.74) is 11.1. The molecule has 0 aliphatic carbocycles. The van der Waals surface area contributed by atoms with Crippen molar-refractivity contribution in [2.45, 2.75) is 32.4 Å². The van der Waals surface area contributed by atoms with Gasteiger partial charge in [-0.05, 0) is 31.0 Å². The third kappa shape index (κ3) is 2.57. The quantitative estimate of drug-likeness (QED) is 0.792. The van der Waals surface area contributed by atoms with Gasteiger partial charge in [0.25, 0.3) is 0 Å². The molecule has 0 aliphatic heterocycles. The second kappa shape index (κ2) is 5.70. The number of aryl methyl sites for hydroxylation is 1. The van der Waals surface area contributed by atoms with Crippen molar-refractivity contribution in [1.29, 1.82) is 0 Å². The zero-order chi connectivity index (χ0) is 14.8. The predicted molar refractivity (Wildman–Crippen MR) is 87.3 cm³/mol. The van der Waals surface area contributed by atoms with Crippen molar-refractivity contribution >= 4 is 11.0 Å². The summed E-state index contributed by atoms with van der Waals surface area (Å²) in [6.45, 7) is 4.23. The smallest absolute Gasteiger partial charge is 0.0964 e. The molecular weight excluding hydrogens is 258 g/mol. The van der Waals surface area contributed by atoms with Crippen LogP contribution in [-0.2, 0) is 0 Å². The minimum atomic E-state index is 0.0605. The fraction of sp³-hybridized carbons (Fsp3) is 0.278. The molecule has 108 valence electrons. The molecule has 0 spiro atoms. The maximum absolute atomic E-state index is 6.42. The Morgan fingerprint density at radius 1 is 1.10 bits per heavy atom. The second-order valence-electron chi connectivity index (χ2n) is 5.57. The van der Waals surface area contributed by atoms with Crippen molar-refractivity contribution < 1.29 is 0 Å². The van der Waals surface area contributed by atoms with Crippen LogP contribution < -0.4 is 5.73 Å². The van der Waals surface area contributed by atoms with Gasteiger partial charge in [0.2, 0.25) is 0 Å². The molecule has 0 saturated carbocycles. The van der Waals surface area contributed by atoms with Crippen LogP contribution in [0.2, 0.25) is 0 Å². The van der Waals surface area contributed by atoms with Crippen molar-refractivity contribution in [1.82, 2.24) is 9.55 Å². The first-order chi connectivity index (χ1) is 10.2. The Balaban J connectivity index is 2.13. The minimum absolute atomic E-state index is 0.0605. The molecule has 3 nitrogen and oxygen atoms in total. The van der Waals surface area contributed by atoms with E-state index >= 15 is 0 Å². The highest BCUT2D eigenvalue weighted by molar-refractivity contribution is 5.75. The molecule has 0 aliphatic rings. The van der Waals surface area contributed by atoms with E-state index in [1.54, 1.807) is 0 Å². The molecule has 0 amide bonds. The molecule has 0 radical (unpaired) electrons. The number of aromatic nitrogens is 2. The van der Waals surface area contributed by atoms with Gasteiger partial charge in [0, 0.05) is 6.04 Å². The van der Waals surface area contributed by atoms with E-state index in [4.69, 9.17) is 5.73 Å². The second-order valence-corrected chi connectivity index (χ2v) is 5.57. The lowest BCUT2D eigenvalue weighted by molar-refractivity contribution is 0.467. The Morgan fingerprint density at radius 3 is 2.52 bits per heavy atom. The predicted octanol–water partition coefficient (Wildman–Crippen LogP) is 3.67. The highest BCUT2D eigenvalue weighted by Crippen LogP contribution is 2.27. The summed E-state index contributed by atoms with van der Waals surface area (Å²) in [6, 6.07) is 17.0. The first kappa shape index (κ1) is 13.8. The normalized spacial score (nSPS) is 14.2. The van der Waals surface area contributed by atoms with Gasteiger partial charge in [-0.15, -0.1) is 0 Å². The van der Waals surface area contributed by atoms with E-state index < -0.39 is 0 Å². The molecule has 1 aromatic heterocycles. The zero-order valence-electron chi connectivity index (χ0n) is 12.5. The van der Waals surface area contributed by atoms with Crippen molar-refractivity contribution in [3.63, 3.8) is 0 Å². The fourth-order valence-electron chi connectivity index (χ4n) is 2.80. The van der Waals surface area contributed by atoms with E-state index in [2.05, 4.69) is 53.7 Å². The summed E-state index contributed by atoms with van der Waals surface area (Å²) in [5.74, 6) is 0. The Morgan fingerprint density at radius 2 is 1.81 bits per heavy atom. The van der Waals surface area contributed by atoms with Crippen LogP contribution in [-0.4, -0.2) is 15.6 Å². The number of nitrogens with zero attached hydrogens (tertiary/aromatic N) is 2. The maximum Gasteiger partial charge on any atom is 0.0964 e. The number of para-hydroxylation sites is 2. The summed E-state index contributed by atoms with van der Waals surface area (Å²) in [5, 5.41) is 0. The van der Waals surface area contributed by atoms with Crippen molar-refractivity contribution in [2.75, 3.05) is 0 Å². The van der Waals surface area contributed by atoms with Gasteiger partial charge in [-0.1, -0.05) is 48.9 Å². The van der Waals surface area contributed by atoms with E-state index in [1.807, 2.05) is 24.5 Å². The summed E-state index contributed by atoms with van der Waals surface area (Å²) < 4.78 is 2.20. The third-order valence-electron chi connectivity index (χ3n) is 4.08. The Kier molecular flexibility index (Phi) is 3.76. The molecule has 3 rings (SSSR count). The number of fused-ring (bicyclic) bond motifs is 1. The first-order valence-corrected chi connectivity index (χ1v) is 7.44. The standard InChI is InChI=1S/C18H21N3/c1-3-15(19)18(14-10-8-13(2)9-11-14)21-12-20-16-6-4-5-7-17(16)21/h4-12,15,18H,3,19H2,1-2H3. The van der Waals surface area contributed by atoms with Crippen LogP contribution in [0.15, 0.2) is 54.9 Å². The molecular formula is C18H21N3. The van der Waals surface area contributed by atoms with E-state index in [0.29, 0.717) is 0 Å². The van der Waals surface area contributed by atoms with Gasteiger partial charge in [-0.3, -0.25) is 0 Å². The first-order valence-electron chi connectivity index (χ1n) is 7.44. The van der Waals surface area contributed by atoms with Gasteiger partial charge in [-0.25, -0.2) is 4.98 Å². The topological polar surface area (TPSA) is 43.8 Å². The summed E-state index contributed by atoms with van der Waals surface area (Å²) >= 11 is 0. The molecule has 2 atom stereocenters. The number of benzene rings is 2. The van der Waals surface area contributed by atoms with Gasteiger partial charge in [0.05, 0.1) is 23.4 Å². The highest BCUT2D eigenvalue weighted by atomic mass is 15.1. The lowest BCUT2D eigenvalue weighted by atomic mass is 9.96. The lowest BCUT2D eigenvalue weighted by Gasteiger charge is -2.25. The summed E-state index contributed by atoms with van der Waals surface area (Å²) in [4.78, 5) is 4.51. The number of hydrogen-bond acceptors (Lipinski definition) is 2. The molecule has 0 fully saturated rings. The van der Waals surface area contributed by atoms with E-state index in [9.17, 15) is 0 Å². The van der Waals surface area contributed by atoms with Gasteiger partial charge < -0.3 is 10.3 Å². The molecule has 3 heteroatoms. The fourth-order valence-corrected chi connectivity index (χ4v) is 2.80. The number of nitrogens with two attached hydrogens (primary N) is 1. The SMILES string of the molecule is CCC(N)C(c1ccc(C)cc1)n1cnc2ccccc21. The lowest BCUT2D eigenvalue weighted by Crippen LogP contribution is -2.32. The Labute approximate surface area is 125 Å². The zero-order valence-corrected chi connectivity index (χ0v) is 12.5. The number of imidazole rings is 1. The van der Waals surface area contributed by atoms with Crippen molar-refractivity contribution in [3.8, 4) is 0 Å². The minimum Gasteiger partial charge on any atom is -0.326 e. The molecule has 2 unspecified atom stereocenters. The van der Waals surface area contributed by atoms with Gasteiger partial charge in [0.15, 0.2) is 0 Å². The van der Waals surface area contributed by atoms with E-state index in [1.165, 1.54) is 11.1 Å². The largest absolute Gasteiger partial charge is 0.326 e. The van der Waals surface area contributed by atoms with Gasteiger partial charge >= 0.3 is 0 Å². The highest BCUT2D eigenvalue weighted by Gasteiger charge is 2.22. The van der Waals surface area contributed by atoms with E-state index in [-0.39, 0.29) is 12.1 Å². The van der Waals surface area contributed by atoms with Crippen LogP contribution in [0.25, 0.3) is 11.0 Å².